The SMILES string of the molecule is CC(=O)N(c1ccncc1)c1cc(O)c2c(c1)C[C@H]1C[C@H]3[C@H](N(C)C)C(O)=C(C(N)=O)C(=O)[C@@]3(O)C(O)=C1C2=O. The number of nitrogens with two attached hydrogens (primary N) is 1. The Kier molecular flexibility index (Phi) is 6.27. The number of aliphatic hydroxyl groups is 3. The number of ketones is 2. The van der Waals surface area contributed by atoms with E-state index in [1.54, 1.807) is 32.3 Å². The number of anilines is 2. The Labute approximate surface area is 228 Å². The zero-order chi connectivity index (χ0) is 29.3. The minimum atomic E-state index is -2.70. The maximum Gasteiger partial charge on any atom is 0.255 e. The van der Waals surface area contributed by atoms with E-state index < -0.39 is 63.8 Å². The van der Waals surface area contributed by atoms with Crippen LogP contribution in [0, 0.1) is 11.8 Å². The third-order valence-corrected chi connectivity index (χ3v) is 8.01. The van der Waals surface area contributed by atoms with E-state index in [2.05, 4.69) is 4.98 Å². The predicted octanol–water partition coefficient (Wildman–Crippen LogP) is 1.20. The van der Waals surface area contributed by atoms with Crippen LogP contribution < -0.4 is 10.6 Å². The summed E-state index contributed by atoms with van der Waals surface area (Å²) in [5, 5.41) is 44.8. The van der Waals surface area contributed by atoms with E-state index in [0.29, 0.717) is 16.9 Å². The predicted molar refractivity (Wildman–Crippen MR) is 141 cm³/mol. The first-order valence-electron chi connectivity index (χ1n) is 12.5. The van der Waals surface area contributed by atoms with Crippen LogP contribution in [0.3, 0.4) is 0 Å². The minimum Gasteiger partial charge on any atom is -0.510 e. The first kappa shape index (κ1) is 27.0. The molecule has 1 aromatic carbocycles. The van der Waals surface area contributed by atoms with Gasteiger partial charge in [0.25, 0.3) is 5.91 Å². The number of aromatic hydroxyl groups is 1. The second-order valence-electron chi connectivity index (χ2n) is 10.5. The fraction of sp³-hybridized carbons (Fsp3) is 0.321. The van der Waals surface area contributed by atoms with Crippen LogP contribution in [-0.2, 0) is 20.8 Å². The summed E-state index contributed by atoms with van der Waals surface area (Å²) < 4.78 is 0. The molecule has 6 N–H and O–H groups in total. The number of phenols is 1. The van der Waals surface area contributed by atoms with E-state index in [4.69, 9.17) is 5.73 Å². The fourth-order valence-corrected chi connectivity index (χ4v) is 6.40. The zero-order valence-electron chi connectivity index (χ0n) is 22.0. The zero-order valence-corrected chi connectivity index (χ0v) is 22.0. The summed E-state index contributed by atoms with van der Waals surface area (Å²) in [5.74, 6) is -7.59. The number of primary amides is 1. The van der Waals surface area contributed by atoms with Crippen molar-refractivity contribution in [2.24, 2.45) is 17.6 Å². The van der Waals surface area contributed by atoms with Gasteiger partial charge in [-0.05, 0) is 56.6 Å². The number of benzene rings is 1. The van der Waals surface area contributed by atoms with Crippen molar-refractivity contribution in [2.45, 2.75) is 31.4 Å². The summed E-state index contributed by atoms with van der Waals surface area (Å²) >= 11 is 0. The van der Waals surface area contributed by atoms with Gasteiger partial charge in [-0.1, -0.05) is 0 Å². The van der Waals surface area contributed by atoms with E-state index in [1.165, 1.54) is 35.2 Å². The first-order valence-corrected chi connectivity index (χ1v) is 12.5. The maximum atomic E-state index is 13.7. The summed E-state index contributed by atoms with van der Waals surface area (Å²) in [6.07, 6.45) is 3.10. The Morgan fingerprint density at radius 3 is 2.30 bits per heavy atom. The molecular formula is C28H28N4O8. The van der Waals surface area contributed by atoms with Gasteiger partial charge in [-0.15, -0.1) is 0 Å². The number of nitrogens with zero attached hydrogens (tertiary/aromatic N) is 3. The number of likely N-dealkylation sites (N-methyl/N-ethyl adjacent to an activating group) is 1. The molecule has 208 valence electrons. The molecule has 0 bridgehead atoms. The highest BCUT2D eigenvalue weighted by molar-refractivity contribution is 6.24. The number of amides is 2. The molecule has 2 amide bonds. The average molecular weight is 549 g/mol. The Bertz CT molecular complexity index is 1550. The van der Waals surface area contributed by atoms with Crippen molar-refractivity contribution in [1.29, 1.82) is 0 Å². The van der Waals surface area contributed by atoms with Crippen molar-refractivity contribution in [2.75, 3.05) is 19.0 Å². The summed E-state index contributed by atoms with van der Waals surface area (Å²) in [6.45, 7) is 1.35. The Balaban J connectivity index is 1.66. The molecule has 12 heteroatoms. The smallest absolute Gasteiger partial charge is 0.255 e. The number of allylic oxidation sites excluding steroid dienone is 1. The molecule has 3 aliphatic carbocycles. The standard InChI is InChI=1S/C28H28N4O8/c1-12(33)32(15-4-6-30-7-5-15)16-9-13-8-14-10-17-22(31(2)3)24(36)21(27(29)39)26(38)28(17,40)25(37)20(14)23(35)19(13)18(34)11-16/h4-7,9,11,14,17,22,34,36-37,40H,8,10H2,1-3H3,(H2,29,39)/t14-,17-,22-,28-/m0/s1. The van der Waals surface area contributed by atoms with Crippen LogP contribution >= 0.6 is 0 Å². The monoisotopic (exact) mass is 548 g/mol. The summed E-state index contributed by atoms with van der Waals surface area (Å²) in [6, 6.07) is 5.00. The van der Waals surface area contributed by atoms with E-state index >= 15 is 0 Å². The number of Topliss-reactive ketones (excluding diaryl/α,β-unsaturated/α-hetero) is 2. The normalized spacial score (nSPS) is 25.9. The lowest BCUT2D eigenvalue weighted by atomic mass is 9.58. The molecular weight excluding hydrogens is 520 g/mol. The molecule has 12 nitrogen and oxygen atoms in total. The molecule has 4 atom stereocenters. The summed E-state index contributed by atoms with van der Waals surface area (Å²) in [5.41, 5.74) is 2.59. The molecule has 5 rings (SSSR count). The van der Waals surface area contributed by atoms with E-state index in [1.807, 2.05) is 0 Å². The molecule has 2 aromatic rings. The molecule has 0 saturated carbocycles. The van der Waals surface area contributed by atoms with Crippen molar-refractivity contribution >= 4 is 34.8 Å². The van der Waals surface area contributed by atoms with Crippen molar-refractivity contribution in [1.82, 2.24) is 9.88 Å². The molecule has 40 heavy (non-hydrogen) atoms. The summed E-state index contributed by atoms with van der Waals surface area (Å²) in [4.78, 5) is 58.5. The maximum absolute atomic E-state index is 13.7. The third-order valence-electron chi connectivity index (χ3n) is 8.01. The topological polar surface area (TPSA) is 195 Å². The largest absolute Gasteiger partial charge is 0.510 e. The van der Waals surface area contributed by atoms with Crippen molar-refractivity contribution in [3.05, 3.63) is 70.5 Å². The van der Waals surface area contributed by atoms with Gasteiger partial charge >= 0.3 is 0 Å². The molecule has 3 aliphatic rings. The first-order chi connectivity index (χ1) is 18.8. The van der Waals surface area contributed by atoms with Crippen LogP contribution in [-0.4, -0.2) is 79.4 Å². The molecule has 0 aliphatic heterocycles. The number of pyridine rings is 1. The molecule has 1 heterocycles. The molecule has 0 unspecified atom stereocenters. The van der Waals surface area contributed by atoms with Gasteiger partial charge in [0.1, 0.15) is 22.8 Å². The molecule has 0 radical (unpaired) electrons. The van der Waals surface area contributed by atoms with Crippen molar-refractivity contribution in [3.8, 4) is 5.75 Å². The highest BCUT2D eigenvalue weighted by Crippen LogP contribution is 2.52. The molecule has 1 aromatic heterocycles. The third kappa shape index (κ3) is 3.71. The average Bonchev–Trinajstić information content (AvgIpc) is 2.86. The van der Waals surface area contributed by atoms with Gasteiger partial charge in [-0.3, -0.25) is 34.0 Å². The quantitative estimate of drug-likeness (QED) is 0.346. The van der Waals surface area contributed by atoms with Crippen molar-refractivity contribution < 1.29 is 39.6 Å². The lowest BCUT2D eigenvalue weighted by Crippen LogP contribution is -2.63. The van der Waals surface area contributed by atoms with Gasteiger partial charge in [0.05, 0.1) is 23.0 Å². The number of phenolic OH excluding ortho intramolecular Hbond substituents is 1. The van der Waals surface area contributed by atoms with Gasteiger partial charge < -0.3 is 26.2 Å². The van der Waals surface area contributed by atoms with Crippen LogP contribution in [0.25, 0.3) is 0 Å². The molecule has 0 saturated heterocycles. The van der Waals surface area contributed by atoms with Crippen LogP contribution in [0.1, 0.15) is 29.3 Å². The lowest BCUT2D eigenvalue weighted by Gasteiger charge is -2.50. The van der Waals surface area contributed by atoms with Gasteiger partial charge in [0.15, 0.2) is 11.4 Å². The Hall–Kier alpha value is -4.55. The highest BCUT2D eigenvalue weighted by atomic mass is 16.3. The second-order valence-corrected chi connectivity index (χ2v) is 10.5. The second kappa shape index (κ2) is 9.28. The Morgan fingerprint density at radius 2 is 1.73 bits per heavy atom. The number of aromatic nitrogens is 1. The van der Waals surface area contributed by atoms with Gasteiger partial charge in [0, 0.05) is 36.9 Å². The number of rotatable bonds is 4. The van der Waals surface area contributed by atoms with Crippen LogP contribution in [0.15, 0.2) is 59.3 Å². The van der Waals surface area contributed by atoms with E-state index in [-0.39, 0.29) is 29.9 Å². The highest BCUT2D eigenvalue weighted by Gasteiger charge is 2.63. The van der Waals surface area contributed by atoms with E-state index in [0.717, 1.165) is 0 Å². The van der Waals surface area contributed by atoms with Crippen LogP contribution in [0.2, 0.25) is 0 Å². The number of aliphatic hydroxyl groups excluding tert-OH is 2. The van der Waals surface area contributed by atoms with Gasteiger partial charge in [-0.2, -0.15) is 0 Å². The molecule has 0 spiro atoms. The number of hydrogen-bond donors (Lipinski definition) is 5. The van der Waals surface area contributed by atoms with Crippen LogP contribution in [0.4, 0.5) is 11.4 Å². The lowest BCUT2D eigenvalue weighted by molar-refractivity contribution is -0.148. The molecule has 0 fully saturated rings. The van der Waals surface area contributed by atoms with Crippen LogP contribution in [0.5, 0.6) is 5.75 Å². The Morgan fingerprint density at radius 1 is 1.07 bits per heavy atom. The number of hydrogen-bond acceptors (Lipinski definition) is 10. The number of fused-ring (bicyclic) bond motifs is 3. The van der Waals surface area contributed by atoms with Gasteiger partial charge in [0.2, 0.25) is 11.7 Å². The minimum absolute atomic E-state index is 0.0302. The fourth-order valence-electron chi connectivity index (χ4n) is 6.40. The summed E-state index contributed by atoms with van der Waals surface area (Å²) in [7, 11) is 3.13. The number of carbonyl (C=O) groups excluding carboxylic acids is 4. The van der Waals surface area contributed by atoms with Gasteiger partial charge in [-0.25, -0.2) is 0 Å². The number of carbonyl (C=O) groups is 4. The van der Waals surface area contributed by atoms with E-state index in [9.17, 15) is 39.6 Å². The van der Waals surface area contributed by atoms with Crippen molar-refractivity contribution in [3.63, 3.8) is 0 Å².